The van der Waals surface area contributed by atoms with Crippen LogP contribution in [0.3, 0.4) is 0 Å². The van der Waals surface area contributed by atoms with E-state index >= 15 is 0 Å². The summed E-state index contributed by atoms with van der Waals surface area (Å²) in [7, 11) is 1.42. The molecule has 0 aliphatic rings. The van der Waals surface area contributed by atoms with E-state index in [1.165, 1.54) is 31.4 Å². The minimum atomic E-state index is -4.64. The number of anilines is 1. The SMILES string of the molecule is COCCOc1ccc(C(F)(F)F)cc1NC(=O)COC(=O)CNC(=O)c1ccc(Cl)cc1. The Morgan fingerprint density at radius 3 is 2.36 bits per heavy atom. The van der Waals surface area contributed by atoms with Crippen molar-refractivity contribution in [2.75, 3.05) is 38.8 Å². The Morgan fingerprint density at radius 2 is 1.73 bits per heavy atom. The Balaban J connectivity index is 1.91. The summed E-state index contributed by atoms with van der Waals surface area (Å²) < 4.78 is 53.9. The second kappa shape index (κ2) is 12.1. The number of amides is 2. The predicted molar refractivity (Wildman–Crippen MR) is 112 cm³/mol. The Labute approximate surface area is 191 Å². The normalized spacial score (nSPS) is 10.9. The van der Waals surface area contributed by atoms with Gasteiger partial charge in [-0.25, -0.2) is 0 Å². The van der Waals surface area contributed by atoms with Crippen molar-refractivity contribution in [3.05, 3.63) is 58.6 Å². The molecule has 0 aliphatic carbocycles. The standard InChI is InChI=1S/C21H20ClF3N2O6/c1-31-8-9-32-17-7-4-14(21(23,24)25)10-16(17)27-18(28)12-33-19(29)11-26-20(30)13-2-5-15(22)6-3-13/h2-7,10H,8-9,11-12H2,1H3,(H,26,30)(H,27,28). The van der Waals surface area contributed by atoms with Crippen LogP contribution in [0.15, 0.2) is 42.5 Å². The first-order valence-electron chi connectivity index (χ1n) is 9.42. The van der Waals surface area contributed by atoms with Gasteiger partial charge in [0.25, 0.3) is 11.8 Å². The average molecular weight is 489 g/mol. The number of esters is 1. The molecule has 0 saturated heterocycles. The Hall–Kier alpha value is -3.31. The first kappa shape index (κ1) is 25.9. The van der Waals surface area contributed by atoms with Gasteiger partial charge in [-0.05, 0) is 42.5 Å². The highest BCUT2D eigenvalue weighted by Gasteiger charge is 2.31. The first-order chi connectivity index (χ1) is 15.6. The summed E-state index contributed by atoms with van der Waals surface area (Å²) >= 11 is 5.73. The van der Waals surface area contributed by atoms with Gasteiger partial charge in [-0.3, -0.25) is 14.4 Å². The summed E-state index contributed by atoms with van der Waals surface area (Å²) in [5.41, 5.74) is -0.993. The van der Waals surface area contributed by atoms with Crippen molar-refractivity contribution in [1.82, 2.24) is 5.32 Å². The maximum atomic E-state index is 13.0. The number of hydrogen-bond acceptors (Lipinski definition) is 6. The maximum Gasteiger partial charge on any atom is 0.416 e. The van der Waals surface area contributed by atoms with E-state index in [9.17, 15) is 27.6 Å². The van der Waals surface area contributed by atoms with Crippen molar-refractivity contribution < 1.29 is 41.8 Å². The fourth-order valence-electron chi connectivity index (χ4n) is 2.40. The number of carbonyl (C=O) groups is 3. The zero-order valence-electron chi connectivity index (χ0n) is 17.3. The van der Waals surface area contributed by atoms with Gasteiger partial charge in [0.15, 0.2) is 6.61 Å². The van der Waals surface area contributed by atoms with Gasteiger partial charge in [-0.15, -0.1) is 0 Å². The first-order valence-corrected chi connectivity index (χ1v) is 9.80. The van der Waals surface area contributed by atoms with Crippen LogP contribution in [0, 0.1) is 0 Å². The molecular weight excluding hydrogens is 469 g/mol. The minimum Gasteiger partial charge on any atom is -0.489 e. The highest BCUT2D eigenvalue weighted by Crippen LogP contribution is 2.35. The molecule has 0 aromatic heterocycles. The van der Waals surface area contributed by atoms with Gasteiger partial charge in [-0.2, -0.15) is 13.2 Å². The van der Waals surface area contributed by atoms with E-state index < -0.39 is 42.7 Å². The summed E-state index contributed by atoms with van der Waals surface area (Å²) in [5.74, 6) is -2.40. The quantitative estimate of drug-likeness (QED) is 0.393. The highest BCUT2D eigenvalue weighted by molar-refractivity contribution is 6.30. The lowest BCUT2D eigenvalue weighted by molar-refractivity contribution is -0.146. The van der Waals surface area contributed by atoms with Gasteiger partial charge in [0.1, 0.15) is 18.9 Å². The summed E-state index contributed by atoms with van der Waals surface area (Å²) in [5, 5.41) is 4.96. The molecule has 2 amide bonds. The smallest absolute Gasteiger partial charge is 0.416 e. The molecule has 2 N–H and O–H groups in total. The lowest BCUT2D eigenvalue weighted by Gasteiger charge is -2.15. The van der Waals surface area contributed by atoms with Gasteiger partial charge in [-0.1, -0.05) is 11.6 Å². The van der Waals surface area contributed by atoms with Crippen molar-refractivity contribution >= 4 is 35.1 Å². The van der Waals surface area contributed by atoms with Crippen LogP contribution in [0.4, 0.5) is 18.9 Å². The number of carbonyl (C=O) groups excluding carboxylic acids is 3. The number of hydrogen-bond donors (Lipinski definition) is 2. The van der Waals surface area contributed by atoms with Gasteiger partial charge in [0.05, 0.1) is 17.9 Å². The molecule has 0 atom stereocenters. The van der Waals surface area contributed by atoms with E-state index in [1.54, 1.807) is 0 Å². The molecule has 0 spiro atoms. The zero-order chi connectivity index (χ0) is 24.4. The number of alkyl halides is 3. The highest BCUT2D eigenvalue weighted by atomic mass is 35.5. The largest absolute Gasteiger partial charge is 0.489 e. The predicted octanol–water partition coefficient (Wildman–Crippen LogP) is 3.30. The molecule has 0 heterocycles. The molecule has 178 valence electrons. The van der Waals surface area contributed by atoms with E-state index in [1.807, 2.05) is 0 Å². The third-order valence-electron chi connectivity index (χ3n) is 3.99. The van der Waals surface area contributed by atoms with Crippen LogP contribution in [-0.4, -0.2) is 51.3 Å². The molecule has 0 fully saturated rings. The fourth-order valence-corrected chi connectivity index (χ4v) is 2.53. The number of benzene rings is 2. The van der Waals surface area contributed by atoms with E-state index in [0.717, 1.165) is 12.1 Å². The molecular formula is C21H20ClF3N2O6. The van der Waals surface area contributed by atoms with Crippen LogP contribution < -0.4 is 15.4 Å². The molecule has 0 aliphatic heterocycles. The summed E-state index contributed by atoms with van der Waals surface area (Å²) in [6.07, 6.45) is -4.64. The van der Waals surface area contributed by atoms with Crippen LogP contribution in [-0.2, 0) is 25.2 Å². The van der Waals surface area contributed by atoms with Crippen molar-refractivity contribution in [1.29, 1.82) is 0 Å². The molecule has 0 radical (unpaired) electrons. The van der Waals surface area contributed by atoms with Crippen LogP contribution in [0.1, 0.15) is 15.9 Å². The van der Waals surface area contributed by atoms with Crippen molar-refractivity contribution in [2.24, 2.45) is 0 Å². The maximum absolute atomic E-state index is 13.0. The number of methoxy groups -OCH3 is 1. The molecule has 0 saturated carbocycles. The van der Waals surface area contributed by atoms with Crippen molar-refractivity contribution in [3.63, 3.8) is 0 Å². The number of rotatable bonds is 10. The Kier molecular flexibility index (Phi) is 9.49. The molecule has 12 heteroatoms. The zero-order valence-corrected chi connectivity index (χ0v) is 18.1. The van der Waals surface area contributed by atoms with E-state index in [0.29, 0.717) is 11.1 Å². The van der Waals surface area contributed by atoms with Crippen LogP contribution in [0.5, 0.6) is 5.75 Å². The lowest BCUT2D eigenvalue weighted by atomic mass is 10.1. The third-order valence-corrected chi connectivity index (χ3v) is 4.24. The summed E-state index contributed by atoms with van der Waals surface area (Å²) in [4.78, 5) is 35.8. The van der Waals surface area contributed by atoms with Gasteiger partial charge in [0, 0.05) is 17.7 Å². The molecule has 0 unspecified atom stereocenters. The second-order valence-electron chi connectivity index (χ2n) is 6.45. The van der Waals surface area contributed by atoms with E-state index in [4.69, 9.17) is 25.8 Å². The molecule has 2 aromatic rings. The van der Waals surface area contributed by atoms with Crippen molar-refractivity contribution in [3.8, 4) is 5.75 Å². The van der Waals surface area contributed by atoms with Crippen LogP contribution >= 0.6 is 11.6 Å². The van der Waals surface area contributed by atoms with Gasteiger partial charge in [0.2, 0.25) is 0 Å². The Bertz CT molecular complexity index is 983. The fraction of sp³-hybridized carbons (Fsp3) is 0.286. The summed E-state index contributed by atoms with van der Waals surface area (Å²) in [6, 6.07) is 8.48. The average Bonchev–Trinajstić information content (AvgIpc) is 2.77. The van der Waals surface area contributed by atoms with Gasteiger partial charge < -0.3 is 24.8 Å². The lowest BCUT2D eigenvalue weighted by Crippen LogP contribution is -2.32. The number of nitrogens with one attached hydrogen (secondary N) is 2. The van der Waals surface area contributed by atoms with Crippen LogP contribution in [0.25, 0.3) is 0 Å². The second-order valence-corrected chi connectivity index (χ2v) is 6.88. The number of halogens is 4. The summed E-state index contributed by atoms with van der Waals surface area (Å²) in [6.45, 7) is -1.10. The van der Waals surface area contributed by atoms with E-state index in [-0.39, 0.29) is 30.2 Å². The third kappa shape index (κ3) is 8.62. The van der Waals surface area contributed by atoms with Crippen LogP contribution in [0.2, 0.25) is 5.02 Å². The molecule has 8 nitrogen and oxygen atoms in total. The number of ether oxygens (including phenoxy) is 3. The van der Waals surface area contributed by atoms with E-state index in [2.05, 4.69) is 10.6 Å². The Morgan fingerprint density at radius 1 is 1.03 bits per heavy atom. The van der Waals surface area contributed by atoms with Gasteiger partial charge >= 0.3 is 12.1 Å². The molecule has 33 heavy (non-hydrogen) atoms. The molecule has 0 bridgehead atoms. The monoisotopic (exact) mass is 488 g/mol. The topological polar surface area (TPSA) is 103 Å². The van der Waals surface area contributed by atoms with Crippen molar-refractivity contribution in [2.45, 2.75) is 6.18 Å². The molecule has 2 rings (SSSR count). The minimum absolute atomic E-state index is 0.0186. The molecule has 2 aromatic carbocycles.